The van der Waals surface area contributed by atoms with Gasteiger partial charge in [-0.05, 0) is 0 Å². The number of carbonyl (C=O) groups excluding carboxylic acids is 1. The van der Waals surface area contributed by atoms with Gasteiger partial charge in [0.25, 0.3) is 0 Å². The fourth-order valence-electron chi connectivity index (χ4n) is 2.38. The van der Waals surface area contributed by atoms with E-state index in [0.717, 1.165) is 37.7 Å². The van der Waals surface area contributed by atoms with Crippen LogP contribution in [0.1, 0.15) is 5.01 Å². The minimum atomic E-state index is 0.0604. The van der Waals surface area contributed by atoms with Crippen molar-refractivity contribution in [2.75, 3.05) is 31.6 Å². The molecule has 2 saturated heterocycles. The zero-order valence-corrected chi connectivity index (χ0v) is 10.6. The van der Waals surface area contributed by atoms with Gasteiger partial charge in [0, 0.05) is 26.2 Å². The molecule has 1 atom stereocenters. The van der Waals surface area contributed by atoms with E-state index in [1.807, 2.05) is 4.90 Å². The quantitative estimate of drug-likeness (QED) is 0.482. The van der Waals surface area contributed by atoms with E-state index in [0.29, 0.717) is 5.13 Å². The smallest absolute Gasteiger partial charge is 0.317 e. The molecular weight excluding hydrogens is 254 g/mol. The van der Waals surface area contributed by atoms with E-state index >= 15 is 0 Å². The molecule has 3 heterocycles. The van der Waals surface area contributed by atoms with E-state index in [2.05, 4.69) is 25.8 Å². The minimum absolute atomic E-state index is 0.0604. The number of rotatable bonds is 3. The number of piperazine rings is 1. The Kier molecular flexibility index (Phi) is 3.02. The molecule has 9 heteroatoms. The van der Waals surface area contributed by atoms with Gasteiger partial charge in [0.1, 0.15) is 5.01 Å². The maximum absolute atomic E-state index is 11.5. The van der Waals surface area contributed by atoms with Crippen LogP contribution in [-0.2, 0) is 6.54 Å². The van der Waals surface area contributed by atoms with Gasteiger partial charge in [-0.2, -0.15) is 0 Å². The average Bonchev–Trinajstić information content (AvgIpc) is 2.97. The standard InChI is InChI=1S/C9H15N7OS/c10-12-8-14-13-7(18-8)5-15-1-2-16-6(4-15)3-11-9(16)17/h6H,1-5,10H2,(H,11,17)(H,12,14). The van der Waals surface area contributed by atoms with Crippen molar-refractivity contribution in [2.45, 2.75) is 12.6 Å². The Hall–Kier alpha value is -1.45. The van der Waals surface area contributed by atoms with Crippen molar-refractivity contribution >= 4 is 22.5 Å². The lowest BCUT2D eigenvalue weighted by Crippen LogP contribution is -2.51. The first-order valence-electron chi connectivity index (χ1n) is 5.82. The minimum Gasteiger partial charge on any atom is -0.336 e. The van der Waals surface area contributed by atoms with Gasteiger partial charge in [0.05, 0.1) is 12.6 Å². The van der Waals surface area contributed by atoms with Crippen molar-refractivity contribution in [1.29, 1.82) is 0 Å². The number of nitrogen functional groups attached to an aromatic ring is 1. The number of carbonyl (C=O) groups is 1. The number of aromatic nitrogens is 2. The van der Waals surface area contributed by atoms with E-state index in [4.69, 9.17) is 5.84 Å². The van der Waals surface area contributed by atoms with Crippen LogP contribution in [0.2, 0.25) is 0 Å². The molecular formula is C9H15N7OS. The molecule has 0 aliphatic carbocycles. The largest absolute Gasteiger partial charge is 0.336 e. The monoisotopic (exact) mass is 269 g/mol. The van der Waals surface area contributed by atoms with E-state index in [9.17, 15) is 4.79 Å². The lowest BCUT2D eigenvalue weighted by molar-refractivity contribution is 0.116. The molecule has 0 spiro atoms. The van der Waals surface area contributed by atoms with Crippen molar-refractivity contribution in [3.8, 4) is 0 Å². The molecule has 8 nitrogen and oxygen atoms in total. The normalized spacial score (nSPS) is 23.9. The van der Waals surface area contributed by atoms with Crippen LogP contribution in [0.15, 0.2) is 0 Å². The van der Waals surface area contributed by atoms with E-state index in [-0.39, 0.29) is 12.1 Å². The number of hydrazine groups is 1. The highest BCUT2D eigenvalue weighted by Gasteiger charge is 2.35. The van der Waals surface area contributed by atoms with Crippen LogP contribution >= 0.6 is 11.3 Å². The van der Waals surface area contributed by atoms with Gasteiger partial charge in [-0.25, -0.2) is 10.6 Å². The van der Waals surface area contributed by atoms with E-state index in [1.165, 1.54) is 11.3 Å². The molecule has 0 bridgehead atoms. The number of nitrogens with zero attached hydrogens (tertiary/aromatic N) is 4. The van der Waals surface area contributed by atoms with Gasteiger partial charge in [0.2, 0.25) is 5.13 Å². The predicted molar refractivity (Wildman–Crippen MR) is 66.9 cm³/mol. The Morgan fingerprint density at radius 2 is 2.39 bits per heavy atom. The predicted octanol–water partition coefficient (Wildman–Crippen LogP) is -0.967. The summed E-state index contributed by atoms with van der Waals surface area (Å²) in [6.07, 6.45) is 0. The van der Waals surface area contributed by atoms with Crippen molar-refractivity contribution in [3.05, 3.63) is 5.01 Å². The van der Waals surface area contributed by atoms with Gasteiger partial charge >= 0.3 is 6.03 Å². The first-order valence-corrected chi connectivity index (χ1v) is 6.64. The molecule has 98 valence electrons. The third-order valence-corrected chi connectivity index (χ3v) is 4.11. The molecule has 2 fully saturated rings. The van der Waals surface area contributed by atoms with Crippen LogP contribution < -0.4 is 16.6 Å². The highest BCUT2D eigenvalue weighted by atomic mass is 32.1. The molecule has 0 aromatic carbocycles. The molecule has 2 aliphatic heterocycles. The molecule has 1 aromatic rings. The maximum atomic E-state index is 11.5. The van der Waals surface area contributed by atoms with Crippen LogP contribution in [-0.4, -0.2) is 58.2 Å². The number of amides is 2. The zero-order valence-electron chi connectivity index (χ0n) is 9.80. The Morgan fingerprint density at radius 3 is 3.17 bits per heavy atom. The van der Waals surface area contributed by atoms with Gasteiger partial charge in [0.15, 0.2) is 0 Å². The second-order valence-corrected chi connectivity index (χ2v) is 5.48. The number of nitrogens with one attached hydrogen (secondary N) is 2. The Balaban J connectivity index is 1.60. The lowest BCUT2D eigenvalue weighted by atomic mass is 10.2. The summed E-state index contributed by atoms with van der Waals surface area (Å²) in [5.41, 5.74) is 2.49. The van der Waals surface area contributed by atoms with Crippen molar-refractivity contribution < 1.29 is 4.79 Å². The number of nitrogens with two attached hydrogens (primary N) is 1. The summed E-state index contributed by atoms with van der Waals surface area (Å²) in [5, 5.41) is 12.4. The Bertz CT molecular complexity index is 450. The zero-order chi connectivity index (χ0) is 12.5. The van der Waals surface area contributed by atoms with Crippen molar-refractivity contribution in [3.63, 3.8) is 0 Å². The molecule has 1 aromatic heterocycles. The second-order valence-electron chi connectivity index (χ2n) is 4.41. The molecule has 0 saturated carbocycles. The van der Waals surface area contributed by atoms with Crippen LogP contribution in [0.4, 0.5) is 9.93 Å². The number of anilines is 1. The first kappa shape index (κ1) is 11.6. The highest BCUT2D eigenvalue weighted by Crippen LogP contribution is 2.19. The number of fused-ring (bicyclic) bond motifs is 1. The topological polar surface area (TPSA) is 99.4 Å². The third-order valence-electron chi connectivity index (χ3n) is 3.27. The van der Waals surface area contributed by atoms with Gasteiger partial charge in [-0.15, -0.1) is 10.2 Å². The highest BCUT2D eigenvalue weighted by molar-refractivity contribution is 7.15. The van der Waals surface area contributed by atoms with E-state index in [1.54, 1.807) is 0 Å². The molecule has 2 aliphatic rings. The summed E-state index contributed by atoms with van der Waals surface area (Å²) in [4.78, 5) is 15.7. The number of hydrogen-bond acceptors (Lipinski definition) is 7. The van der Waals surface area contributed by atoms with Crippen LogP contribution in [0.5, 0.6) is 0 Å². The molecule has 1 unspecified atom stereocenters. The van der Waals surface area contributed by atoms with Gasteiger partial charge in [-0.1, -0.05) is 11.3 Å². The summed E-state index contributed by atoms with van der Waals surface area (Å²) in [7, 11) is 0. The Morgan fingerprint density at radius 1 is 1.50 bits per heavy atom. The van der Waals surface area contributed by atoms with Crippen LogP contribution in [0.3, 0.4) is 0 Å². The van der Waals surface area contributed by atoms with E-state index < -0.39 is 0 Å². The number of urea groups is 1. The van der Waals surface area contributed by atoms with Gasteiger partial charge in [-0.3, -0.25) is 10.3 Å². The molecule has 3 rings (SSSR count). The van der Waals surface area contributed by atoms with Crippen molar-refractivity contribution in [2.24, 2.45) is 5.84 Å². The van der Waals surface area contributed by atoms with Crippen molar-refractivity contribution in [1.82, 2.24) is 25.3 Å². The van der Waals surface area contributed by atoms with Crippen LogP contribution in [0.25, 0.3) is 0 Å². The fraction of sp³-hybridized carbons (Fsp3) is 0.667. The average molecular weight is 269 g/mol. The van der Waals surface area contributed by atoms with Gasteiger partial charge < -0.3 is 10.2 Å². The summed E-state index contributed by atoms with van der Waals surface area (Å²) in [5.74, 6) is 5.27. The second kappa shape index (κ2) is 4.67. The lowest BCUT2D eigenvalue weighted by Gasteiger charge is -2.35. The SMILES string of the molecule is NNc1nnc(CN2CCN3C(=O)NCC3C2)s1. The summed E-state index contributed by atoms with van der Waals surface area (Å²) < 4.78 is 0. The third kappa shape index (κ3) is 2.11. The molecule has 4 N–H and O–H groups in total. The maximum Gasteiger partial charge on any atom is 0.317 e. The fourth-order valence-corrected chi connectivity index (χ4v) is 3.07. The number of hydrogen-bond donors (Lipinski definition) is 3. The summed E-state index contributed by atoms with van der Waals surface area (Å²) in [6.45, 7) is 4.02. The first-order chi connectivity index (χ1) is 8.76. The summed E-state index contributed by atoms with van der Waals surface area (Å²) in [6, 6.07) is 0.344. The summed E-state index contributed by atoms with van der Waals surface area (Å²) >= 11 is 1.46. The molecule has 18 heavy (non-hydrogen) atoms. The van der Waals surface area contributed by atoms with Crippen LogP contribution in [0, 0.1) is 0 Å². The molecule has 2 amide bonds. The Labute approximate surface area is 108 Å². The molecule has 0 radical (unpaired) electrons.